The van der Waals surface area contributed by atoms with E-state index in [2.05, 4.69) is 5.43 Å². The molecule has 106 valence electrons. The summed E-state index contributed by atoms with van der Waals surface area (Å²) in [6, 6.07) is 6.79. The minimum absolute atomic E-state index is 0.349. The van der Waals surface area contributed by atoms with Gasteiger partial charge in [-0.25, -0.2) is 5.84 Å². The summed E-state index contributed by atoms with van der Waals surface area (Å²) >= 11 is 0. The Bertz CT molecular complexity index is 385. The fourth-order valence-electron chi connectivity index (χ4n) is 1.39. The van der Waals surface area contributed by atoms with Gasteiger partial charge in [-0.05, 0) is 25.1 Å². The Morgan fingerprint density at radius 3 is 2.68 bits per heavy atom. The number of carbonyl (C=O) groups is 1. The normalized spacial score (nSPS) is 10.2. The highest BCUT2D eigenvalue weighted by atomic mass is 16.5. The standard InChI is InChI=1S/C13H20N2O4/c1-2-17-6-7-18-8-9-19-12-5-3-4-11(10-12)13(16)15-14/h3-5,10H,2,6-9,14H2,1H3,(H,15,16). The van der Waals surface area contributed by atoms with Crippen molar-refractivity contribution in [1.29, 1.82) is 0 Å². The van der Waals surface area contributed by atoms with Gasteiger partial charge in [-0.3, -0.25) is 10.2 Å². The van der Waals surface area contributed by atoms with Gasteiger partial charge in [0, 0.05) is 12.2 Å². The molecule has 1 rings (SSSR count). The van der Waals surface area contributed by atoms with Gasteiger partial charge >= 0.3 is 0 Å². The Labute approximate surface area is 112 Å². The van der Waals surface area contributed by atoms with Crippen LogP contribution in [0.1, 0.15) is 17.3 Å². The summed E-state index contributed by atoms with van der Waals surface area (Å²) in [5.41, 5.74) is 2.53. The summed E-state index contributed by atoms with van der Waals surface area (Å²) in [7, 11) is 0. The first kappa shape index (κ1) is 15.4. The molecule has 0 saturated heterocycles. The van der Waals surface area contributed by atoms with Gasteiger partial charge in [0.1, 0.15) is 12.4 Å². The molecule has 6 nitrogen and oxygen atoms in total. The molecule has 0 aliphatic heterocycles. The van der Waals surface area contributed by atoms with E-state index in [1.165, 1.54) is 0 Å². The van der Waals surface area contributed by atoms with E-state index in [0.29, 0.717) is 44.3 Å². The lowest BCUT2D eigenvalue weighted by Crippen LogP contribution is -2.29. The van der Waals surface area contributed by atoms with Gasteiger partial charge in [-0.2, -0.15) is 0 Å². The van der Waals surface area contributed by atoms with Gasteiger partial charge in [0.25, 0.3) is 5.91 Å². The molecule has 0 bridgehead atoms. The lowest BCUT2D eigenvalue weighted by Gasteiger charge is -2.08. The van der Waals surface area contributed by atoms with Crippen molar-refractivity contribution >= 4 is 5.91 Å². The molecular formula is C13H20N2O4. The largest absolute Gasteiger partial charge is 0.491 e. The third-order valence-corrected chi connectivity index (χ3v) is 2.30. The molecule has 0 aliphatic rings. The number of benzene rings is 1. The molecule has 0 radical (unpaired) electrons. The molecule has 1 aromatic rings. The van der Waals surface area contributed by atoms with Gasteiger partial charge in [0.2, 0.25) is 0 Å². The summed E-state index contributed by atoms with van der Waals surface area (Å²) in [5.74, 6) is 5.32. The zero-order valence-corrected chi connectivity index (χ0v) is 11.1. The van der Waals surface area contributed by atoms with Crippen LogP contribution >= 0.6 is 0 Å². The summed E-state index contributed by atoms with van der Waals surface area (Å²) in [4.78, 5) is 11.3. The fourth-order valence-corrected chi connectivity index (χ4v) is 1.39. The second kappa shape index (κ2) is 9.32. The first-order valence-electron chi connectivity index (χ1n) is 6.17. The van der Waals surface area contributed by atoms with E-state index in [9.17, 15) is 4.79 Å². The number of ether oxygens (including phenoxy) is 3. The van der Waals surface area contributed by atoms with Crippen LogP contribution in [0, 0.1) is 0 Å². The number of hydrazine groups is 1. The highest BCUT2D eigenvalue weighted by molar-refractivity contribution is 5.94. The fraction of sp³-hybridized carbons (Fsp3) is 0.462. The summed E-state index contributed by atoms with van der Waals surface area (Å²) in [6.07, 6.45) is 0. The Balaban J connectivity index is 2.24. The van der Waals surface area contributed by atoms with Crippen molar-refractivity contribution in [2.45, 2.75) is 6.92 Å². The van der Waals surface area contributed by atoms with Crippen LogP contribution in [0.25, 0.3) is 0 Å². The quantitative estimate of drug-likeness (QED) is 0.298. The lowest BCUT2D eigenvalue weighted by molar-refractivity contribution is 0.0404. The smallest absolute Gasteiger partial charge is 0.265 e. The SMILES string of the molecule is CCOCCOCCOc1cccc(C(=O)NN)c1. The second-order valence-electron chi connectivity index (χ2n) is 3.66. The zero-order chi connectivity index (χ0) is 13.9. The second-order valence-corrected chi connectivity index (χ2v) is 3.66. The highest BCUT2D eigenvalue weighted by Crippen LogP contribution is 2.12. The molecule has 19 heavy (non-hydrogen) atoms. The van der Waals surface area contributed by atoms with Gasteiger partial charge in [-0.1, -0.05) is 6.07 Å². The molecule has 1 aromatic carbocycles. The predicted molar refractivity (Wildman–Crippen MR) is 70.9 cm³/mol. The zero-order valence-electron chi connectivity index (χ0n) is 11.1. The average molecular weight is 268 g/mol. The number of nitrogens with two attached hydrogens (primary N) is 1. The van der Waals surface area contributed by atoms with E-state index in [0.717, 1.165) is 0 Å². The van der Waals surface area contributed by atoms with E-state index in [1.807, 2.05) is 6.92 Å². The third kappa shape index (κ3) is 6.19. The first-order chi connectivity index (χ1) is 9.27. The maximum absolute atomic E-state index is 11.3. The molecule has 0 heterocycles. The van der Waals surface area contributed by atoms with Crippen LogP contribution in [0.3, 0.4) is 0 Å². The van der Waals surface area contributed by atoms with Crippen LogP contribution in [0.2, 0.25) is 0 Å². The number of nitrogens with one attached hydrogen (secondary N) is 1. The highest BCUT2D eigenvalue weighted by Gasteiger charge is 2.04. The lowest BCUT2D eigenvalue weighted by atomic mass is 10.2. The molecule has 0 atom stereocenters. The van der Waals surface area contributed by atoms with Crippen molar-refractivity contribution in [3.05, 3.63) is 29.8 Å². The van der Waals surface area contributed by atoms with E-state index < -0.39 is 0 Å². The number of amides is 1. The van der Waals surface area contributed by atoms with Gasteiger partial charge in [0.15, 0.2) is 0 Å². The third-order valence-electron chi connectivity index (χ3n) is 2.30. The predicted octanol–water partition coefficient (Wildman–Crippen LogP) is 0.722. The van der Waals surface area contributed by atoms with Crippen LogP contribution in [0.5, 0.6) is 5.75 Å². The van der Waals surface area contributed by atoms with Crippen LogP contribution in [0.15, 0.2) is 24.3 Å². The first-order valence-corrected chi connectivity index (χ1v) is 6.17. The maximum atomic E-state index is 11.3. The number of rotatable bonds is 9. The molecule has 6 heteroatoms. The molecule has 0 aliphatic carbocycles. The van der Waals surface area contributed by atoms with Crippen molar-refractivity contribution in [1.82, 2.24) is 5.43 Å². The molecule has 0 unspecified atom stereocenters. The van der Waals surface area contributed by atoms with Gasteiger partial charge in [0.05, 0.1) is 19.8 Å². The topological polar surface area (TPSA) is 82.8 Å². The minimum atomic E-state index is -0.349. The van der Waals surface area contributed by atoms with Crippen molar-refractivity contribution in [3.63, 3.8) is 0 Å². The Hall–Kier alpha value is -1.63. The Morgan fingerprint density at radius 1 is 1.21 bits per heavy atom. The maximum Gasteiger partial charge on any atom is 0.265 e. The van der Waals surface area contributed by atoms with Crippen LogP contribution in [-0.2, 0) is 9.47 Å². The van der Waals surface area contributed by atoms with Crippen molar-refractivity contribution in [2.75, 3.05) is 33.0 Å². The molecule has 3 N–H and O–H groups in total. The van der Waals surface area contributed by atoms with E-state index in [-0.39, 0.29) is 5.91 Å². The summed E-state index contributed by atoms with van der Waals surface area (Å²) in [5, 5.41) is 0. The van der Waals surface area contributed by atoms with E-state index >= 15 is 0 Å². The molecule has 0 aromatic heterocycles. The van der Waals surface area contributed by atoms with E-state index in [4.69, 9.17) is 20.1 Å². The van der Waals surface area contributed by atoms with Crippen LogP contribution in [-0.4, -0.2) is 38.9 Å². The number of hydrogen-bond donors (Lipinski definition) is 2. The van der Waals surface area contributed by atoms with Gasteiger partial charge < -0.3 is 14.2 Å². The number of nitrogen functional groups attached to an aromatic ring is 1. The molecule has 0 spiro atoms. The van der Waals surface area contributed by atoms with E-state index in [1.54, 1.807) is 24.3 Å². The van der Waals surface area contributed by atoms with Crippen LogP contribution < -0.4 is 16.0 Å². The summed E-state index contributed by atoms with van der Waals surface area (Å²) < 4.78 is 15.9. The molecule has 0 saturated carbocycles. The van der Waals surface area contributed by atoms with Crippen LogP contribution in [0.4, 0.5) is 0 Å². The minimum Gasteiger partial charge on any atom is -0.491 e. The molecular weight excluding hydrogens is 248 g/mol. The van der Waals surface area contributed by atoms with Crippen molar-refractivity contribution in [3.8, 4) is 5.75 Å². The average Bonchev–Trinajstić information content (AvgIpc) is 2.46. The molecule has 0 fully saturated rings. The molecule has 1 amide bonds. The van der Waals surface area contributed by atoms with Crippen molar-refractivity contribution in [2.24, 2.45) is 5.84 Å². The Morgan fingerprint density at radius 2 is 1.95 bits per heavy atom. The van der Waals surface area contributed by atoms with Gasteiger partial charge in [-0.15, -0.1) is 0 Å². The monoisotopic (exact) mass is 268 g/mol. The Kier molecular flexibility index (Phi) is 7.57. The summed E-state index contributed by atoms with van der Waals surface area (Å²) in [6.45, 7) is 4.65. The number of carbonyl (C=O) groups excluding carboxylic acids is 1. The number of hydrogen-bond acceptors (Lipinski definition) is 5. The van der Waals surface area contributed by atoms with Crippen molar-refractivity contribution < 1.29 is 19.0 Å².